The molecule has 3 aromatic rings. The summed E-state index contributed by atoms with van der Waals surface area (Å²) in [6, 6.07) is 9.24. The number of alkyl halides is 3. The van der Waals surface area contributed by atoms with Crippen LogP contribution >= 0.6 is 0 Å². The molecule has 3 N–H and O–H groups in total. The largest absolute Gasteiger partial charge is 0.444 e. The van der Waals surface area contributed by atoms with Gasteiger partial charge in [0.05, 0.1) is 22.5 Å². The summed E-state index contributed by atoms with van der Waals surface area (Å²) in [4.78, 5) is 41.2. The molecule has 198 valence electrons. The van der Waals surface area contributed by atoms with Gasteiger partial charge in [-0.05, 0) is 50.6 Å². The van der Waals surface area contributed by atoms with Crippen LogP contribution in [0.3, 0.4) is 0 Å². The fraction of sp³-hybridized carbons (Fsp3) is 0.185. The van der Waals surface area contributed by atoms with Crippen LogP contribution in [0, 0.1) is 5.82 Å². The van der Waals surface area contributed by atoms with Crippen LogP contribution in [0.25, 0.3) is 17.2 Å². The van der Waals surface area contributed by atoms with Gasteiger partial charge in [-0.1, -0.05) is 30.3 Å². The van der Waals surface area contributed by atoms with Gasteiger partial charge in [-0.25, -0.2) is 9.18 Å². The first-order valence-electron chi connectivity index (χ1n) is 11.2. The van der Waals surface area contributed by atoms with Gasteiger partial charge < -0.3 is 10.5 Å². The van der Waals surface area contributed by atoms with Crippen molar-refractivity contribution in [2.45, 2.75) is 32.5 Å². The standard InChI is InChI=1S/C27H23F4N3O4/c1-26(2,3)38-25(37)34-20-11-10-16(15-8-6-14-33-19(15)12-13-21(32)35)22(23(20)28)24(36)17-7-4-5-9-18(17)27(29,30)31/h4-14H,1-3H3,(H2,32,35)(H,34,37)/b13-12+. The minimum absolute atomic E-state index is 0.0942. The Kier molecular flexibility index (Phi) is 7.99. The molecule has 0 bridgehead atoms. The fourth-order valence-electron chi connectivity index (χ4n) is 3.53. The van der Waals surface area contributed by atoms with Crippen LogP contribution in [0.4, 0.5) is 28.0 Å². The van der Waals surface area contributed by atoms with Gasteiger partial charge in [-0.15, -0.1) is 0 Å². The first-order chi connectivity index (χ1) is 17.7. The topological polar surface area (TPSA) is 111 Å². The van der Waals surface area contributed by atoms with Crippen LogP contribution in [-0.2, 0) is 15.7 Å². The molecule has 1 heterocycles. The third-order valence-corrected chi connectivity index (χ3v) is 5.02. The van der Waals surface area contributed by atoms with E-state index in [1.807, 2.05) is 0 Å². The van der Waals surface area contributed by atoms with Gasteiger partial charge in [0.15, 0.2) is 11.6 Å². The van der Waals surface area contributed by atoms with Crippen molar-refractivity contribution in [3.05, 3.63) is 89.0 Å². The zero-order valence-corrected chi connectivity index (χ0v) is 20.5. The second kappa shape index (κ2) is 10.8. The number of carbonyl (C=O) groups is 3. The molecule has 11 heteroatoms. The van der Waals surface area contributed by atoms with Crippen molar-refractivity contribution in [2.24, 2.45) is 5.73 Å². The number of pyridine rings is 1. The molecule has 0 aliphatic rings. The minimum Gasteiger partial charge on any atom is -0.444 e. The monoisotopic (exact) mass is 529 g/mol. The lowest BCUT2D eigenvalue weighted by Crippen LogP contribution is -2.27. The van der Waals surface area contributed by atoms with E-state index in [0.717, 1.165) is 24.3 Å². The third kappa shape index (κ3) is 6.61. The molecule has 0 saturated heterocycles. The van der Waals surface area contributed by atoms with E-state index in [4.69, 9.17) is 10.5 Å². The molecule has 0 atom stereocenters. The van der Waals surface area contributed by atoms with Gasteiger partial charge in [0.2, 0.25) is 5.91 Å². The summed E-state index contributed by atoms with van der Waals surface area (Å²) in [5.41, 5.74) is 1.01. The highest BCUT2D eigenvalue weighted by Gasteiger charge is 2.36. The maximum Gasteiger partial charge on any atom is 0.417 e. The molecule has 0 aliphatic carbocycles. The average molecular weight is 529 g/mol. The number of nitrogens with two attached hydrogens (primary N) is 1. The molecule has 0 fully saturated rings. The maximum atomic E-state index is 15.9. The lowest BCUT2D eigenvalue weighted by molar-refractivity contribution is -0.137. The highest BCUT2D eigenvalue weighted by molar-refractivity contribution is 6.15. The SMILES string of the molecule is CC(C)(C)OC(=O)Nc1ccc(-c2cccnc2/C=C/C(N)=O)c(C(=O)c2ccccc2C(F)(F)F)c1F. The molecule has 0 aliphatic heterocycles. The normalized spacial score (nSPS) is 11.9. The predicted molar refractivity (Wildman–Crippen MR) is 133 cm³/mol. The summed E-state index contributed by atoms with van der Waals surface area (Å²) in [5, 5.41) is 2.19. The number of aromatic nitrogens is 1. The Morgan fingerprint density at radius 2 is 1.66 bits per heavy atom. The fourth-order valence-corrected chi connectivity index (χ4v) is 3.53. The number of halogens is 4. The van der Waals surface area contributed by atoms with E-state index in [1.165, 1.54) is 36.5 Å². The molecular formula is C27H23F4N3O4. The van der Waals surface area contributed by atoms with Crippen molar-refractivity contribution >= 4 is 29.5 Å². The Morgan fingerprint density at radius 1 is 0.974 bits per heavy atom. The van der Waals surface area contributed by atoms with E-state index in [9.17, 15) is 27.6 Å². The van der Waals surface area contributed by atoms with E-state index in [-0.39, 0.29) is 16.8 Å². The van der Waals surface area contributed by atoms with Crippen LogP contribution in [-0.4, -0.2) is 28.4 Å². The Balaban J connectivity index is 2.27. The summed E-state index contributed by atoms with van der Waals surface area (Å²) in [7, 11) is 0. The number of benzene rings is 2. The maximum absolute atomic E-state index is 15.9. The first-order valence-corrected chi connectivity index (χ1v) is 11.2. The number of hydrogen-bond acceptors (Lipinski definition) is 5. The van der Waals surface area contributed by atoms with E-state index >= 15 is 4.39 Å². The summed E-state index contributed by atoms with van der Waals surface area (Å²) < 4.78 is 62.2. The molecule has 3 rings (SSSR count). The van der Waals surface area contributed by atoms with Gasteiger partial charge in [0.25, 0.3) is 0 Å². The molecular weight excluding hydrogens is 506 g/mol. The van der Waals surface area contributed by atoms with Gasteiger partial charge in [0.1, 0.15) is 5.60 Å². The lowest BCUT2D eigenvalue weighted by Gasteiger charge is -2.21. The molecule has 0 spiro atoms. The quantitative estimate of drug-likeness (QED) is 0.232. The summed E-state index contributed by atoms with van der Waals surface area (Å²) in [5.74, 6) is -3.38. The van der Waals surface area contributed by atoms with Gasteiger partial charge >= 0.3 is 12.3 Å². The van der Waals surface area contributed by atoms with Crippen molar-refractivity contribution in [1.82, 2.24) is 4.98 Å². The molecule has 2 amide bonds. The second-order valence-corrected chi connectivity index (χ2v) is 9.02. The highest BCUT2D eigenvalue weighted by atomic mass is 19.4. The smallest absolute Gasteiger partial charge is 0.417 e. The Hall–Kier alpha value is -4.54. The van der Waals surface area contributed by atoms with Gasteiger partial charge in [-0.3, -0.25) is 19.9 Å². The van der Waals surface area contributed by atoms with Crippen molar-refractivity contribution in [3.8, 4) is 11.1 Å². The predicted octanol–water partition coefficient (Wildman–Crippen LogP) is 5.98. The number of carbonyl (C=O) groups excluding carboxylic acids is 3. The van der Waals surface area contributed by atoms with Crippen LogP contribution < -0.4 is 11.1 Å². The van der Waals surface area contributed by atoms with Gasteiger partial charge in [0, 0.05) is 23.4 Å². The average Bonchev–Trinajstić information content (AvgIpc) is 2.82. The van der Waals surface area contributed by atoms with Crippen LogP contribution in [0.2, 0.25) is 0 Å². The third-order valence-electron chi connectivity index (χ3n) is 5.02. The summed E-state index contributed by atoms with van der Waals surface area (Å²) >= 11 is 0. The summed E-state index contributed by atoms with van der Waals surface area (Å²) in [6.07, 6.45) is -2.37. The van der Waals surface area contributed by atoms with Crippen LogP contribution in [0.1, 0.15) is 48.0 Å². The number of ketones is 1. The zero-order chi connectivity index (χ0) is 28.3. The van der Waals surface area contributed by atoms with Crippen LogP contribution in [0.15, 0.2) is 60.8 Å². The second-order valence-electron chi connectivity index (χ2n) is 9.02. The molecule has 1 aromatic heterocycles. The van der Waals surface area contributed by atoms with E-state index in [1.54, 1.807) is 20.8 Å². The number of nitrogens with zero attached hydrogens (tertiary/aromatic N) is 1. The number of amides is 2. The zero-order valence-electron chi connectivity index (χ0n) is 20.5. The number of nitrogens with one attached hydrogen (secondary N) is 1. The van der Waals surface area contributed by atoms with E-state index < -0.39 is 57.8 Å². The molecule has 0 saturated carbocycles. The Bertz CT molecular complexity index is 1430. The number of anilines is 1. The Labute approximate surface area is 215 Å². The number of rotatable bonds is 6. The first kappa shape index (κ1) is 28.0. The molecule has 0 unspecified atom stereocenters. The molecule has 7 nitrogen and oxygen atoms in total. The molecule has 0 radical (unpaired) electrons. The summed E-state index contributed by atoms with van der Waals surface area (Å²) in [6.45, 7) is 4.75. The highest BCUT2D eigenvalue weighted by Crippen LogP contribution is 2.37. The van der Waals surface area contributed by atoms with Gasteiger partial charge in [-0.2, -0.15) is 13.2 Å². The molecule has 38 heavy (non-hydrogen) atoms. The van der Waals surface area contributed by atoms with E-state index in [2.05, 4.69) is 10.3 Å². The number of ether oxygens (including phenoxy) is 1. The Morgan fingerprint density at radius 3 is 2.29 bits per heavy atom. The van der Waals surface area contributed by atoms with Crippen molar-refractivity contribution < 1.29 is 36.7 Å². The van der Waals surface area contributed by atoms with E-state index in [0.29, 0.717) is 6.07 Å². The van der Waals surface area contributed by atoms with Crippen LogP contribution in [0.5, 0.6) is 0 Å². The lowest BCUT2D eigenvalue weighted by atomic mass is 9.90. The van der Waals surface area contributed by atoms with Crippen molar-refractivity contribution in [3.63, 3.8) is 0 Å². The minimum atomic E-state index is -4.90. The van der Waals surface area contributed by atoms with Crippen molar-refractivity contribution in [2.75, 3.05) is 5.32 Å². The number of hydrogen-bond donors (Lipinski definition) is 2. The van der Waals surface area contributed by atoms with Crippen molar-refractivity contribution in [1.29, 1.82) is 0 Å². The number of primary amides is 1. The molecule has 2 aromatic carbocycles.